The van der Waals surface area contributed by atoms with Crippen LogP contribution < -0.4 is 5.32 Å². The molecule has 3 nitrogen and oxygen atoms in total. The summed E-state index contributed by atoms with van der Waals surface area (Å²) in [7, 11) is 0. The Kier molecular flexibility index (Phi) is 4.63. The first kappa shape index (κ1) is 16.5. The molecular weight excluding hydrogens is 266 g/mol. The Balaban J connectivity index is 4.89. The monoisotopic (exact) mass is 276 g/mol. The van der Waals surface area contributed by atoms with Crippen LogP contribution in [-0.2, 0) is 4.79 Å². The van der Waals surface area contributed by atoms with E-state index in [1.807, 2.05) is 0 Å². The molecule has 0 rings (SSSR count). The van der Waals surface area contributed by atoms with E-state index < -0.39 is 36.1 Å². The van der Waals surface area contributed by atoms with Gasteiger partial charge in [-0.25, -0.2) is 0 Å². The summed E-state index contributed by atoms with van der Waals surface area (Å²) < 4.78 is 72.7. The molecule has 1 N–H and O–H groups in total. The van der Waals surface area contributed by atoms with E-state index in [2.05, 4.69) is 0 Å². The van der Waals surface area contributed by atoms with Crippen molar-refractivity contribution in [2.45, 2.75) is 26.2 Å². The molecule has 0 aliphatic rings. The molecule has 0 saturated carbocycles. The highest BCUT2D eigenvalue weighted by Gasteiger charge is 2.61. The number of alkyl halides is 6. The summed E-state index contributed by atoms with van der Waals surface area (Å²) in [5.74, 6) is -6.29. The van der Waals surface area contributed by atoms with Gasteiger partial charge in [0, 0.05) is 6.54 Å². The summed E-state index contributed by atoms with van der Waals surface area (Å²) in [6, 6.07) is 1.64. The van der Waals surface area contributed by atoms with E-state index in [4.69, 9.17) is 5.26 Å². The summed E-state index contributed by atoms with van der Waals surface area (Å²) in [6.45, 7) is 1.93. The van der Waals surface area contributed by atoms with Gasteiger partial charge < -0.3 is 5.32 Å². The van der Waals surface area contributed by atoms with Gasteiger partial charge in [-0.15, -0.1) is 0 Å². The number of nitrogens with one attached hydrogen (secondary N) is 1. The van der Waals surface area contributed by atoms with Crippen molar-refractivity contribution >= 4 is 5.91 Å². The SMILES string of the molecule is CC(C)(C#N)CNC(=O)C(C(F)(F)F)C(F)(F)F. The number of nitrogens with zero attached hydrogens (tertiary/aromatic N) is 1. The van der Waals surface area contributed by atoms with Gasteiger partial charge >= 0.3 is 12.4 Å². The molecule has 1 amide bonds. The normalized spacial score (nSPS) is 13.3. The van der Waals surface area contributed by atoms with E-state index in [1.165, 1.54) is 19.2 Å². The Hall–Kier alpha value is -1.46. The third-order valence-electron chi connectivity index (χ3n) is 1.92. The standard InChI is InChI=1S/C9H10F6N2O/c1-7(2,3-16)4-17-6(18)5(8(10,11)12)9(13,14)15/h5H,4H2,1-2H3,(H,17,18). The topological polar surface area (TPSA) is 52.9 Å². The van der Waals surface area contributed by atoms with Crippen molar-refractivity contribution in [3.8, 4) is 6.07 Å². The molecule has 0 fully saturated rings. The van der Waals surface area contributed by atoms with Crippen LogP contribution >= 0.6 is 0 Å². The Morgan fingerprint density at radius 3 is 1.83 bits per heavy atom. The van der Waals surface area contributed by atoms with E-state index >= 15 is 0 Å². The fraction of sp³-hybridized carbons (Fsp3) is 0.778. The van der Waals surface area contributed by atoms with Gasteiger partial charge in [0.1, 0.15) is 0 Å². The van der Waals surface area contributed by atoms with Crippen molar-refractivity contribution in [2.75, 3.05) is 6.54 Å². The fourth-order valence-electron chi connectivity index (χ4n) is 0.933. The maximum atomic E-state index is 12.1. The number of carbonyl (C=O) groups excluding carboxylic acids is 1. The van der Waals surface area contributed by atoms with Gasteiger partial charge in [-0.05, 0) is 13.8 Å². The minimum Gasteiger partial charge on any atom is -0.354 e. The van der Waals surface area contributed by atoms with Crippen LogP contribution in [0, 0.1) is 22.7 Å². The van der Waals surface area contributed by atoms with Gasteiger partial charge in [0.05, 0.1) is 11.5 Å². The van der Waals surface area contributed by atoms with Gasteiger partial charge in [-0.1, -0.05) is 0 Å². The molecular formula is C9H10F6N2O. The van der Waals surface area contributed by atoms with Crippen LogP contribution in [0.3, 0.4) is 0 Å². The summed E-state index contributed by atoms with van der Waals surface area (Å²) in [5, 5.41) is 10.0. The smallest absolute Gasteiger partial charge is 0.354 e. The first-order valence-corrected chi connectivity index (χ1v) is 4.63. The summed E-state index contributed by atoms with van der Waals surface area (Å²) >= 11 is 0. The fourth-order valence-corrected chi connectivity index (χ4v) is 0.933. The Labute approximate surface area is 98.8 Å². The average Bonchev–Trinajstić information content (AvgIpc) is 2.10. The second-order valence-corrected chi connectivity index (χ2v) is 4.23. The lowest BCUT2D eigenvalue weighted by atomic mass is 9.95. The Bertz CT molecular complexity index is 338. The third kappa shape index (κ3) is 4.81. The second-order valence-electron chi connectivity index (χ2n) is 4.23. The summed E-state index contributed by atoms with van der Waals surface area (Å²) in [5.41, 5.74) is -1.25. The van der Waals surface area contributed by atoms with Crippen molar-refractivity contribution in [3.05, 3.63) is 0 Å². The number of carbonyl (C=O) groups is 1. The van der Waals surface area contributed by atoms with Crippen LogP contribution in [0.15, 0.2) is 0 Å². The second kappa shape index (κ2) is 5.04. The van der Waals surface area contributed by atoms with Crippen LogP contribution in [0.1, 0.15) is 13.8 Å². The summed E-state index contributed by atoms with van der Waals surface area (Å²) in [6.07, 6.45) is -11.4. The molecule has 0 saturated heterocycles. The number of nitriles is 1. The van der Waals surface area contributed by atoms with E-state index in [0.717, 1.165) is 0 Å². The van der Waals surface area contributed by atoms with Crippen molar-refractivity contribution in [2.24, 2.45) is 11.3 Å². The molecule has 0 unspecified atom stereocenters. The highest BCUT2D eigenvalue weighted by atomic mass is 19.4. The van der Waals surface area contributed by atoms with Crippen LogP contribution in [0.25, 0.3) is 0 Å². The number of amides is 1. The van der Waals surface area contributed by atoms with Crippen LogP contribution in [0.2, 0.25) is 0 Å². The molecule has 18 heavy (non-hydrogen) atoms. The van der Waals surface area contributed by atoms with Crippen LogP contribution in [-0.4, -0.2) is 24.8 Å². The largest absolute Gasteiger partial charge is 0.409 e. The predicted molar refractivity (Wildman–Crippen MR) is 48.0 cm³/mol. The van der Waals surface area contributed by atoms with Crippen LogP contribution in [0.5, 0.6) is 0 Å². The van der Waals surface area contributed by atoms with Gasteiger partial charge in [-0.3, -0.25) is 4.79 Å². The number of hydrogen-bond donors (Lipinski definition) is 1. The maximum absolute atomic E-state index is 12.1. The predicted octanol–water partition coefficient (Wildman–Crippen LogP) is 2.39. The molecule has 0 radical (unpaired) electrons. The van der Waals surface area contributed by atoms with Gasteiger partial charge in [0.25, 0.3) is 0 Å². The first-order chi connectivity index (χ1) is 7.81. The van der Waals surface area contributed by atoms with Crippen molar-refractivity contribution in [1.82, 2.24) is 5.32 Å². The minimum atomic E-state index is -5.72. The van der Waals surface area contributed by atoms with Crippen molar-refractivity contribution < 1.29 is 31.1 Å². The molecule has 0 bridgehead atoms. The van der Waals surface area contributed by atoms with E-state index in [0.29, 0.717) is 0 Å². The van der Waals surface area contributed by atoms with Gasteiger partial charge in [0.15, 0.2) is 0 Å². The Morgan fingerprint density at radius 2 is 1.56 bits per heavy atom. The third-order valence-corrected chi connectivity index (χ3v) is 1.92. The maximum Gasteiger partial charge on any atom is 0.409 e. The highest BCUT2D eigenvalue weighted by molar-refractivity contribution is 5.80. The number of halogens is 6. The lowest BCUT2D eigenvalue weighted by molar-refractivity contribution is -0.274. The van der Waals surface area contributed by atoms with Crippen molar-refractivity contribution in [1.29, 1.82) is 5.26 Å². The molecule has 0 atom stereocenters. The summed E-state index contributed by atoms with van der Waals surface area (Å²) in [4.78, 5) is 10.9. The van der Waals surface area contributed by atoms with Crippen molar-refractivity contribution in [3.63, 3.8) is 0 Å². The zero-order chi connectivity index (χ0) is 14.8. The first-order valence-electron chi connectivity index (χ1n) is 4.63. The van der Waals surface area contributed by atoms with E-state index in [-0.39, 0.29) is 0 Å². The number of rotatable bonds is 3. The zero-order valence-electron chi connectivity index (χ0n) is 9.41. The minimum absolute atomic E-state index is 0.606. The number of hydrogen-bond acceptors (Lipinski definition) is 2. The quantitative estimate of drug-likeness (QED) is 0.805. The molecule has 0 heterocycles. The Morgan fingerprint density at radius 1 is 1.17 bits per heavy atom. The molecule has 0 aliphatic carbocycles. The average molecular weight is 276 g/mol. The molecule has 0 aromatic carbocycles. The van der Waals surface area contributed by atoms with Gasteiger partial charge in [0.2, 0.25) is 11.8 Å². The van der Waals surface area contributed by atoms with Gasteiger partial charge in [-0.2, -0.15) is 31.6 Å². The zero-order valence-corrected chi connectivity index (χ0v) is 9.41. The molecule has 104 valence electrons. The molecule has 0 aromatic rings. The lowest BCUT2D eigenvalue weighted by Gasteiger charge is -2.24. The molecule has 0 aliphatic heterocycles. The van der Waals surface area contributed by atoms with E-state index in [9.17, 15) is 31.1 Å². The lowest BCUT2D eigenvalue weighted by Crippen LogP contribution is -2.49. The van der Waals surface area contributed by atoms with E-state index in [1.54, 1.807) is 6.07 Å². The highest BCUT2D eigenvalue weighted by Crippen LogP contribution is 2.39. The molecule has 9 heteroatoms. The molecule has 0 aromatic heterocycles. The van der Waals surface area contributed by atoms with Crippen LogP contribution in [0.4, 0.5) is 26.3 Å². The molecule has 0 spiro atoms.